The molecule has 33 heavy (non-hydrogen) atoms. The van der Waals surface area contributed by atoms with Crippen LogP contribution in [0.3, 0.4) is 0 Å². The van der Waals surface area contributed by atoms with Crippen LogP contribution in [0.1, 0.15) is 46.0 Å². The summed E-state index contributed by atoms with van der Waals surface area (Å²) in [6, 6.07) is -4.94. The fourth-order valence-corrected chi connectivity index (χ4v) is 2.86. The summed E-state index contributed by atoms with van der Waals surface area (Å²) in [4.78, 5) is 70.8. The van der Waals surface area contributed by atoms with Crippen molar-refractivity contribution in [1.29, 1.82) is 0 Å². The molecule has 0 radical (unpaired) electrons. The van der Waals surface area contributed by atoms with E-state index in [1.165, 1.54) is 0 Å². The lowest BCUT2D eigenvalue weighted by Gasteiger charge is -2.25. The fourth-order valence-electron chi connectivity index (χ4n) is 2.60. The van der Waals surface area contributed by atoms with Crippen molar-refractivity contribution in [1.82, 2.24) is 16.0 Å². The van der Waals surface area contributed by atoms with E-state index in [1.807, 2.05) is 6.92 Å². The van der Waals surface area contributed by atoms with Gasteiger partial charge in [-0.3, -0.25) is 24.0 Å². The van der Waals surface area contributed by atoms with Gasteiger partial charge in [0, 0.05) is 18.6 Å². The topological polar surface area (TPSA) is 231 Å². The summed E-state index contributed by atoms with van der Waals surface area (Å²) in [7, 11) is 0. The number of amides is 4. The van der Waals surface area contributed by atoms with Crippen LogP contribution < -0.4 is 27.4 Å². The Bertz CT molecular complexity index is 735. The number of rotatable bonds is 16. The molecule has 0 aliphatic heterocycles. The molecule has 0 heterocycles. The summed E-state index contributed by atoms with van der Waals surface area (Å²) in [5.74, 6) is -6.12. The molecule has 188 valence electrons. The number of carbonyl (C=O) groups excluding carboxylic acids is 4. The third kappa shape index (κ3) is 11.5. The van der Waals surface area contributed by atoms with Crippen LogP contribution in [0, 0.1) is 5.92 Å². The van der Waals surface area contributed by atoms with Gasteiger partial charge in [-0.2, -0.15) is 12.6 Å². The maximum atomic E-state index is 12.7. The summed E-state index contributed by atoms with van der Waals surface area (Å²) in [5, 5.41) is 24.9. The Morgan fingerprint density at radius 2 is 1.33 bits per heavy atom. The average Bonchev–Trinajstić information content (AvgIpc) is 2.75. The number of aliphatic carboxylic acids is 2. The highest BCUT2D eigenvalue weighted by atomic mass is 32.1. The highest BCUT2D eigenvalue weighted by molar-refractivity contribution is 7.80. The minimum Gasteiger partial charge on any atom is -0.481 e. The lowest BCUT2D eigenvalue weighted by Crippen LogP contribution is -2.58. The number of nitrogens with one attached hydrogen (secondary N) is 3. The van der Waals surface area contributed by atoms with Crippen LogP contribution in [0.25, 0.3) is 0 Å². The van der Waals surface area contributed by atoms with Gasteiger partial charge in [0.15, 0.2) is 0 Å². The monoisotopic (exact) mass is 491 g/mol. The Hall–Kier alpha value is -2.87. The SMILES string of the molecule is CCC(C)C(N)C(=O)NC(CS)C(=O)NC(CCC(N)=O)C(=O)NC(CCC(=O)O)C(=O)O. The molecule has 0 rings (SSSR count). The minimum atomic E-state index is -1.53. The van der Waals surface area contributed by atoms with Gasteiger partial charge in [0.25, 0.3) is 0 Å². The second kappa shape index (κ2) is 15.1. The van der Waals surface area contributed by atoms with Crippen LogP contribution in [0.15, 0.2) is 0 Å². The molecule has 4 amide bonds. The van der Waals surface area contributed by atoms with Crippen molar-refractivity contribution in [2.75, 3.05) is 5.75 Å². The molecule has 13 nitrogen and oxygen atoms in total. The molecule has 5 unspecified atom stereocenters. The highest BCUT2D eigenvalue weighted by Crippen LogP contribution is 2.07. The third-order valence-electron chi connectivity index (χ3n) is 4.95. The maximum absolute atomic E-state index is 12.7. The van der Waals surface area contributed by atoms with E-state index in [0.29, 0.717) is 6.42 Å². The summed E-state index contributed by atoms with van der Waals surface area (Å²) < 4.78 is 0. The quantitative estimate of drug-likeness (QED) is 0.111. The van der Waals surface area contributed by atoms with Crippen LogP contribution in [-0.4, -0.2) is 75.7 Å². The predicted octanol–water partition coefficient (Wildman–Crippen LogP) is -2.04. The minimum absolute atomic E-state index is 0.134. The van der Waals surface area contributed by atoms with Gasteiger partial charge in [-0.15, -0.1) is 0 Å². The first-order valence-electron chi connectivity index (χ1n) is 10.3. The third-order valence-corrected chi connectivity index (χ3v) is 5.31. The smallest absolute Gasteiger partial charge is 0.326 e. The van der Waals surface area contributed by atoms with Gasteiger partial charge in [0.05, 0.1) is 6.04 Å². The van der Waals surface area contributed by atoms with Crippen LogP contribution >= 0.6 is 12.6 Å². The van der Waals surface area contributed by atoms with Crippen LogP contribution in [0.5, 0.6) is 0 Å². The predicted molar refractivity (Wildman–Crippen MR) is 120 cm³/mol. The molecule has 0 aromatic rings. The number of thiol groups is 1. The van der Waals surface area contributed by atoms with E-state index in [2.05, 4.69) is 28.6 Å². The summed E-state index contributed by atoms with van der Waals surface area (Å²) in [6.45, 7) is 3.62. The number of carbonyl (C=O) groups is 6. The zero-order valence-electron chi connectivity index (χ0n) is 18.6. The van der Waals surface area contributed by atoms with E-state index in [1.54, 1.807) is 6.92 Å². The molecule has 0 spiro atoms. The molecule has 0 saturated heterocycles. The lowest BCUT2D eigenvalue weighted by molar-refractivity contribution is -0.143. The van der Waals surface area contributed by atoms with E-state index in [9.17, 15) is 33.9 Å². The van der Waals surface area contributed by atoms with E-state index >= 15 is 0 Å². The van der Waals surface area contributed by atoms with E-state index in [4.69, 9.17) is 16.6 Å². The van der Waals surface area contributed by atoms with Gasteiger partial charge >= 0.3 is 11.9 Å². The second-order valence-corrected chi connectivity index (χ2v) is 7.92. The van der Waals surface area contributed by atoms with Crippen molar-refractivity contribution in [3.63, 3.8) is 0 Å². The number of hydrogen-bond donors (Lipinski definition) is 8. The molecule has 14 heteroatoms. The van der Waals surface area contributed by atoms with Crippen LogP contribution in [-0.2, 0) is 28.8 Å². The van der Waals surface area contributed by atoms with Crippen molar-refractivity contribution < 1.29 is 39.0 Å². The van der Waals surface area contributed by atoms with Crippen molar-refractivity contribution in [2.45, 2.75) is 70.1 Å². The second-order valence-electron chi connectivity index (χ2n) is 7.55. The number of carboxylic acid groups (broad SMARTS) is 2. The summed E-state index contributed by atoms with van der Waals surface area (Å²) in [5.41, 5.74) is 11.0. The molecule has 5 atom stereocenters. The average molecular weight is 492 g/mol. The Labute approximate surface area is 196 Å². The van der Waals surface area contributed by atoms with Crippen molar-refractivity contribution in [3.05, 3.63) is 0 Å². The van der Waals surface area contributed by atoms with Crippen molar-refractivity contribution >= 4 is 48.2 Å². The molecule has 0 bridgehead atoms. The summed E-state index contributed by atoms with van der Waals surface area (Å²) in [6.07, 6.45) is -0.830. The Balaban J connectivity index is 5.38. The lowest BCUT2D eigenvalue weighted by atomic mass is 9.99. The van der Waals surface area contributed by atoms with Crippen LogP contribution in [0.2, 0.25) is 0 Å². The van der Waals surface area contributed by atoms with Gasteiger partial charge in [-0.1, -0.05) is 20.3 Å². The Morgan fingerprint density at radius 3 is 1.79 bits per heavy atom. The fraction of sp³-hybridized carbons (Fsp3) is 0.684. The number of hydrogen-bond acceptors (Lipinski definition) is 8. The van der Waals surface area contributed by atoms with E-state index < -0.39 is 72.6 Å². The summed E-state index contributed by atoms with van der Waals surface area (Å²) >= 11 is 4.04. The Morgan fingerprint density at radius 1 is 0.848 bits per heavy atom. The van der Waals surface area contributed by atoms with Gasteiger partial charge in [0.2, 0.25) is 23.6 Å². The van der Waals surface area contributed by atoms with Gasteiger partial charge < -0.3 is 37.6 Å². The van der Waals surface area contributed by atoms with Crippen LogP contribution in [0.4, 0.5) is 0 Å². The molecule has 0 fully saturated rings. The molecule has 0 aromatic carbocycles. The van der Waals surface area contributed by atoms with Gasteiger partial charge in [-0.25, -0.2) is 4.79 Å². The molecule has 0 aromatic heterocycles. The van der Waals surface area contributed by atoms with Crippen molar-refractivity contribution in [3.8, 4) is 0 Å². The molecule has 0 aliphatic carbocycles. The molecular weight excluding hydrogens is 458 g/mol. The first-order valence-corrected chi connectivity index (χ1v) is 11.0. The number of primary amides is 1. The van der Waals surface area contributed by atoms with Crippen molar-refractivity contribution in [2.24, 2.45) is 17.4 Å². The van der Waals surface area contributed by atoms with E-state index in [0.717, 1.165) is 0 Å². The Kier molecular flexibility index (Phi) is 13.7. The molecular formula is C19H33N5O8S. The molecule has 9 N–H and O–H groups in total. The standard InChI is InChI=1S/C19H33N5O8S/c1-3-9(2)15(21)18(30)24-12(8-33)17(29)22-10(4-6-13(20)25)16(28)23-11(19(31)32)5-7-14(26)27/h9-12,15,33H,3-8,21H2,1-2H3,(H2,20,25)(H,22,29)(H,23,28)(H,24,30)(H,26,27)(H,31,32). The largest absolute Gasteiger partial charge is 0.481 e. The number of nitrogens with two attached hydrogens (primary N) is 2. The number of carboxylic acids is 2. The molecule has 0 aliphatic rings. The molecule has 0 saturated carbocycles. The first-order chi connectivity index (χ1) is 15.3. The zero-order valence-corrected chi connectivity index (χ0v) is 19.5. The normalized spacial score (nSPS) is 15.3. The highest BCUT2D eigenvalue weighted by Gasteiger charge is 2.30. The van der Waals surface area contributed by atoms with Gasteiger partial charge in [0.1, 0.15) is 18.1 Å². The first kappa shape index (κ1) is 30.1. The van der Waals surface area contributed by atoms with E-state index in [-0.39, 0.29) is 24.5 Å². The van der Waals surface area contributed by atoms with Gasteiger partial charge in [-0.05, 0) is 18.8 Å². The zero-order chi connectivity index (χ0) is 25.7. The maximum Gasteiger partial charge on any atom is 0.326 e.